The number of oxazole rings is 1. The van der Waals surface area contributed by atoms with Crippen LogP contribution < -0.4 is 4.90 Å². The zero-order valence-electron chi connectivity index (χ0n) is 32.7. The molecular formula is C56H34N2OS2. The van der Waals surface area contributed by atoms with Gasteiger partial charge in [0.25, 0.3) is 0 Å². The third-order valence-corrected chi connectivity index (χ3v) is 14.6. The number of hydrogen-bond donors (Lipinski definition) is 0. The molecule has 13 rings (SSSR count). The van der Waals surface area contributed by atoms with Crippen LogP contribution in [-0.2, 0) is 0 Å². The van der Waals surface area contributed by atoms with Crippen LogP contribution in [0.3, 0.4) is 0 Å². The van der Waals surface area contributed by atoms with Crippen molar-refractivity contribution in [1.82, 2.24) is 4.40 Å². The molecule has 0 saturated carbocycles. The first-order valence-corrected chi connectivity index (χ1v) is 22.2. The van der Waals surface area contributed by atoms with Crippen LogP contribution in [0.4, 0.5) is 17.1 Å². The van der Waals surface area contributed by atoms with E-state index in [4.69, 9.17) is 4.42 Å². The minimum Gasteiger partial charge on any atom is -0.438 e. The average molecular weight is 815 g/mol. The minimum absolute atomic E-state index is 0.868. The molecule has 0 amide bonds. The van der Waals surface area contributed by atoms with E-state index in [1.807, 2.05) is 22.7 Å². The Labute approximate surface area is 359 Å². The van der Waals surface area contributed by atoms with Gasteiger partial charge in [-0.15, -0.1) is 22.7 Å². The summed E-state index contributed by atoms with van der Waals surface area (Å²) in [5, 5.41) is 6.36. The second-order valence-corrected chi connectivity index (χ2v) is 17.7. The van der Waals surface area contributed by atoms with Crippen molar-refractivity contribution in [2.24, 2.45) is 0 Å². The van der Waals surface area contributed by atoms with Gasteiger partial charge in [0.05, 0.1) is 37.4 Å². The van der Waals surface area contributed by atoms with E-state index in [1.54, 1.807) is 0 Å². The maximum absolute atomic E-state index is 6.71. The fourth-order valence-electron chi connectivity index (χ4n) is 9.46. The summed E-state index contributed by atoms with van der Waals surface area (Å²) in [5.74, 6) is 0. The maximum Gasteiger partial charge on any atom is 0.213 e. The van der Waals surface area contributed by atoms with E-state index in [2.05, 4.69) is 216 Å². The lowest BCUT2D eigenvalue weighted by Crippen LogP contribution is -2.10. The average Bonchev–Trinajstić information content (AvgIpc) is 4.09. The van der Waals surface area contributed by atoms with Gasteiger partial charge in [0.1, 0.15) is 0 Å². The normalized spacial score (nSPS) is 11.9. The zero-order chi connectivity index (χ0) is 40.0. The monoisotopic (exact) mass is 814 g/mol. The number of benzene rings is 9. The predicted molar refractivity (Wildman–Crippen MR) is 261 cm³/mol. The fourth-order valence-corrected chi connectivity index (χ4v) is 11.9. The summed E-state index contributed by atoms with van der Waals surface area (Å²) in [6.07, 6.45) is 0. The first-order chi connectivity index (χ1) is 30.3. The lowest BCUT2D eigenvalue weighted by Gasteiger charge is -2.27. The van der Waals surface area contributed by atoms with E-state index in [0.29, 0.717) is 0 Å². The van der Waals surface area contributed by atoms with Crippen molar-refractivity contribution in [3.63, 3.8) is 0 Å². The Hall–Kier alpha value is -7.44. The van der Waals surface area contributed by atoms with E-state index in [1.165, 1.54) is 68.2 Å². The van der Waals surface area contributed by atoms with Crippen molar-refractivity contribution in [3.05, 3.63) is 206 Å². The van der Waals surface area contributed by atoms with E-state index in [0.717, 1.165) is 50.3 Å². The summed E-state index contributed by atoms with van der Waals surface area (Å²) in [5.41, 5.74) is 14.4. The van der Waals surface area contributed by atoms with Gasteiger partial charge in [0.15, 0.2) is 5.58 Å². The molecule has 0 radical (unpaired) electrons. The number of aromatic nitrogens is 1. The molecule has 0 spiro atoms. The predicted octanol–water partition coefficient (Wildman–Crippen LogP) is 17.0. The largest absolute Gasteiger partial charge is 0.438 e. The number of nitrogens with zero attached hydrogens (tertiary/aromatic N) is 2. The molecular weight excluding hydrogens is 781 g/mol. The molecule has 0 atom stereocenters. The van der Waals surface area contributed by atoms with Crippen LogP contribution in [0.15, 0.2) is 211 Å². The lowest BCUT2D eigenvalue weighted by molar-refractivity contribution is 0.658. The molecule has 3 nitrogen and oxygen atoms in total. The van der Waals surface area contributed by atoms with E-state index < -0.39 is 0 Å². The first kappa shape index (κ1) is 34.4. The SMILES string of the molecule is c1ccc(-c2c3ccccc3n3c2oc2cccc(-c4ccc(-c5ccc(N(c6cccc7c6sc6ccccc67)c6cccc7c6sc6ccccc67)cc5)cc4)c23)cc1. The lowest BCUT2D eigenvalue weighted by atomic mass is 9.99. The van der Waals surface area contributed by atoms with E-state index >= 15 is 0 Å². The highest BCUT2D eigenvalue weighted by Gasteiger charge is 2.23. The molecule has 0 unspecified atom stereocenters. The van der Waals surface area contributed by atoms with Gasteiger partial charge in [-0.1, -0.05) is 158 Å². The Bertz CT molecular complexity index is 3700. The number of thiophene rings is 2. The van der Waals surface area contributed by atoms with E-state index in [9.17, 15) is 0 Å². The van der Waals surface area contributed by atoms with Crippen molar-refractivity contribution >= 4 is 108 Å². The van der Waals surface area contributed by atoms with Gasteiger partial charge in [0, 0.05) is 47.6 Å². The van der Waals surface area contributed by atoms with Crippen molar-refractivity contribution in [2.45, 2.75) is 0 Å². The third kappa shape index (κ3) is 5.28. The van der Waals surface area contributed by atoms with Crippen molar-refractivity contribution < 1.29 is 4.42 Å². The van der Waals surface area contributed by atoms with Gasteiger partial charge in [-0.3, -0.25) is 4.40 Å². The molecule has 0 N–H and O–H groups in total. The molecule has 9 aromatic carbocycles. The second kappa shape index (κ2) is 13.5. The number of anilines is 3. The Balaban J connectivity index is 0.920. The van der Waals surface area contributed by atoms with Gasteiger partial charge in [-0.05, 0) is 70.8 Å². The van der Waals surface area contributed by atoms with Crippen LogP contribution >= 0.6 is 22.7 Å². The summed E-state index contributed by atoms with van der Waals surface area (Å²) in [4.78, 5) is 2.47. The standard InChI is InChI=1S/C56H34N2OS2/c1-2-13-38(14-3-1)52-45-17-4-7-21-46(45)58-53-40(18-12-24-49(53)59-56(52)58)37-29-27-35(28-30-37)36-31-33-39(34-32-36)57(47-22-10-19-43-41-15-5-8-25-50(41)60-54(43)47)48-23-11-20-44-42-16-6-9-26-51(42)61-55(44)48/h1-34H. The molecule has 4 aromatic heterocycles. The quantitative estimate of drug-likeness (QED) is 0.167. The summed E-state index contributed by atoms with van der Waals surface area (Å²) in [6, 6.07) is 74.7. The summed E-state index contributed by atoms with van der Waals surface area (Å²) < 4.78 is 14.2. The van der Waals surface area contributed by atoms with Crippen molar-refractivity contribution in [1.29, 1.82) is 0 Å². The van der Waals surface area contributed by atoms with Gasteiger partial charge in [-0.25, -0.2) is 0 Å². The molecule has 0 bridgehead atoms. The smallest absolute Gasteiger partial charge is 0.213 e. The van der Waals surface area contributed by atoms with Crippen LogP contribution in [0.2, 0.25) is 0 Å². The highest BCUT2D eigenvalue weighted by atomic mass is 32.1. The Morgan fingerprint density at radius 1 is 0.393 bits per heavy atom. The Morgan fingerprint density at radius 2 is 0.918 bits per heavy atom. The van der Waals surface area contributed by atoms with Crippen LogP contribution in [0.25, 0.3) is 101 Å². The molecule has 61 heavy (non-hydrogen) atoms. The molecule has 0 aliphatic rings. The summed E-state index contributed by atoms with van der Waals surface area (Å²) in [7, 11) is 0. The molecule has 0 aliphatic heterocycles. The fraction of sp³-hybridized carbons (Fsp3) is 0. The molecule has 0 saturated heterocycles. The number of para-hydroxylation sites is 2. The van der Waals surface area contributed by atoms with E-state index in [-0.39, 0.29) is 0 Å². The Kier molecular flexibility index (Phi) is 7.65. The van der Waals surface area contributed by atoms with Crippen LogP contribution in [0.1, 0.15) is 0 Å². The minimum atomic E-state index is 0.868. The van der Waals surface area contributed by atoms with Crippen molar-refractivity contribution in [2.75, 3.05) is 4.90 Å². The maximum atomic E-state index is 6.71. The molecule has 13 aromatic rings. The topological polar surface area (TPSA) is 20.8 Å². The van der Waals surface area contributed by atoms with Crippen molar-refractivity contribution in [3.8, 4) is 33.4 Å². The molecule has 5 heteroatoms. The summed E-state index contributed by atoms with van der Waals surface area (Å²) >= 11 is 3.74. The zero-order valence-corrected chi connectivity index (χ0v) is 34.4. The van der Waals surface area contributed by atoms with Crippen LogP contribution in [0, 0.1) is 0 Å². The number of rotatable bonds is 6. The number of fused-ring (bicyclic) bond motifs is 11. The van der Waals surface area contributed by atoms with Crippen LogP contribution in [0.5, 0.6) is 0 Å². The highest BCUT2D eigenvalue weighted by Crippen LogP contribution is 2.49. The first-order valence-electron chi connectivity index (χ1n) is 20.6. The highest BCUT2D eigenvalue weighted by molar-refractivity contribution is 7.27. The van der Waals surface area contributed by atoms with Crippen LogP contribution in [-0.4, -0.2) is 4.40 Å². The van der Waals surface area contributed by atoms with Gasteiger partial charge >= 0.3 is 0 Å². The second-order valence-electron chi connectivity index (χ2n) is 15.6. The third-order valence-electron chi connectivity index (χ3n) is 12.2. The molecule has 0 aliphatic carbocycles. The van der Waals surface area contributed by atoms with Gasteiger partial charge < -0.3 is 9.32 Å². The molecule has 286 valence electrons. The number of hydrogen-bond acceptors (Lipinski definition) is 4. The summed E-state index contributed by atoms with van der Waals surface area (Å²) in [6.45, 7) is 0. The van der Waals surface area contributed by atoms with Gasteiger partial charge in [0.2, 0.25) is 5.71 Å². The Morgan fingerprint density at radius 3 is 1.57 bits per heavy atom. The van der Waals surface area contributed by atoms with Gasteiger partial charge in [-0.2, -0.15) is 0 Å². The molecule has 0 fully saturated rings. The molecule has 4 heterocycles.